The number of halogens is 6. The maximum Gasteiger partial charge on any atom is 0.422 e. The fraction of sp³-hybridized carbons (Fsp3) is 0.304. The van der Waals surface area contributed by atoms with Gasteiger partial charge < -0.3 is 14.4 Å². The molecule has 3 aromatic rings. The number of carbonyl (C=O) groups excluding carboxylic acids is 1. The summed E-state index contributed by atoms with van der Waals surface area (Å²) in [5.74, 6) is -2.24. The smallest absolute Gasteiger partial charge is 0.422 e. The fourth-order valence-electron chi connectivity index (χ4n) is 4.19. The molecule has 0 unspecified atom stereocenters. The van der Waals surface area contributed by atoms with Gasteiger partial charge in [-0.25, -0.2) is 13.6 Å². The molecule has 38 heavy (non-hydrogen) atoms. The maximum atomic E-state index is 13.5. The van der Waals surface area contributed by atoms with Crippen LogP contribution in [-0.4, -0.2) is 44.9 Å². The van der Waals surface area contributed by atoms with E-state index in [1.165, 1.54) is 36.5 Å². The number of amides is 1. The number of primary sulfonamides is 1. The second-order valence-electron chi connectivity index (χ2n) is 8.54. The van der Waals surface area contributed by atoms with Crippen LogP contribution in [0.15, 0.2) is 36.5 Å². The molecule has 8 nitrogen and oxygen atoms in total. The number of aryl methyl sites for hydroxylation is 1. The minimum Gasteiger partial charge on any atom is -0.483 e. The van der Waals surface area contributed by atoms with Gasteiger partial charge in [0.15, 0.2) is 19.0 Å². The number of hydrogen-bond donors (Lipinski definition) is 1. The lowest BCUT2D eigenvalue weighted by atomic mass is 10.0. The topological polar surface area (TPSA) is 112 Å². The number of benzene rings is 2. The monoisotopic (exact) mass is 563 g/mol. The van der Waals surface area contributed by atoms with Crippen molar-refractivity contribution in [3.8, 4) is 11.5 Å². The number of rotatable bonds is 7. The molecule has 15 heteroatoms. The molecule has 0 fully saturated rings. The average molecular weight is 563 g/mol. The second-order valence-corrected chi connectivity index (χ2v) is 10.2. The maximum absolute atomic E-state index is 13.5. The van der Waals surface area contributed by atoms with Gasteiger partial charge in [-0.2, -0.15) is 26.3 Å². The van der Waals surface area contributed by atoms with Gasteiger partial charge in [0.2, 0.25) is 10.0 Å². The highest BCUT2D eigenvalue weighted by Gasteiger charge is 2.40. The Labute approximate surface area is 212 Å². The van der Waals surface area contributed by atoms with Gasteiger partial charge in [-0.15, -0.1) is 0 Å². The highest BCUT2D eigenvalue weighted by atomic mass is 32.2. The molecule has 4 rings (SSSR count). The Morgan fingerprint density at radius 1 is 1.03 bits per heavy atom. The standard InChI is InChI=1S/C23H19F6N3O5S/c1-12-7-13(9-38(30,34)35)4-5-16(12)32-8-15-17(21(32)33)20(37-11-23(27,28)29)18-14(3-2-6-31-18)19(15)36-10-22(24,25)26/h2-7H,8-11H2,1H3,(H2,30,34,35). The number of alkyl halides is 6. The van der Waals surface area contributed by atoms with Gasteiger partial charge in [0, 0.05) is 22.8 Å². The molecule has 1 aliphatic rings. The number of nitrogens with zero attached hydrogens (tertiary/aromatic N) is 2. The molecule has 204 valence electrons. The molecule has 1 amide bonds. The zero-order valence-corrected chi connectivity index (χ0v) is 20.3. The molecule has 0 saturated carbocycles. The number of hydrogen-bond acceptors (Lipinski definition) is 6. The molecule has 0 atom stereocenters. The molecular weight excluding hydrogens is 544 g/mol. The Kier molecular flexibility index (Phi) is 6.95. The van der Waals surface area contributed by atoms with Crippen LogP contribution in [-0.2, 0) is 22.3 Å². The zero-order valence-electron chi connectivity index (χ0n) is 19.5. The van der Waals surface area contributed by atoms with Gasteiger partial charge in [0.05, 0.1) is 17.9 Å². The largest absolute Gasteiger partial charge is 0.483 e. The molecule has 0 aliphatic carbocycles. The first kappa shape index (κ1) is 27.4. The summed E-state index contributed by atoms with van der Waals surface area (Å²) in [4.78, 5) is 18.6. The van der Waals surface area contributed by atoms with Crippen molar-refractivity contribution < 1.29 is 49.0 Å². The summed E-state index contributed by atoms with van der Waals surface area (Å²) in [6, 6.07) is 6.91. The number of ether oxygens (including phenoxy) is 2. The first-order valence-electron chi connectivity index (χ1n) is 10.8. The highest BCUT2D eigenvalue weighted by Crippen LogP contribution is 2.46. The van der Waals surface area contributed by atoms with E-state index in [0.717, 1.165) is 4.90 Å². The average Bonchev–Trinajstić information content (AvgIpc) is 3.10. The van der Waals surface area contributed by atoms with Crippen LogP contribution in [0, 0.1) is 6.92 Å². The summed E-state index contributed by atoms with van der Waals surface area (Å²) < 4.78 is 111. The van der Waals surface area contributed by atoms with Crippen molar-refractivity contribution in [2.75, 3.05) is 18.1 Å². The lowest BCUT2D eigenvalue weighted by Crippen LogP contribution is -2.25. The Morgan fingerprint density at radius 2 is 1.66 bits per heavy atom. The Balaban J connectivity index is 1.86. The van der Waals surface area contributed by atoms with Crippen molar-refractivity contribution in [1.29, 1.82) is 0 Å². The van der Waals surface area contributed by atoms with E-state index in [1.807, 2.05) is 0 Å². The molecule has 2 aromatic carbocycles. The lowest BCUT2D eigenvalue weighted by Gasteiger charge is -2.19. The Morgan fingerprint density at radius 3 is 2.24 bits per heavy atom. The summed E-state index contributed by atoms with van der Waals surface area (Å²) in [5, 5.41) is 5.00. The number of anilines is 1. The van der Waals surface area contributed by atoms with Crippen molar-refractivity contribution in [3.05, 3.63) is 58.8 Å². The Bertz CT molecular complexity index is 1520. The van der Waals surface area contributed by atoms with Crippen molar-refractivity contribution in [2.45, 2.75) is 31.6 Å². The van der Waals surface area contributed by atoms with Crippen molar-refractivity contribution in [1.82, 2.24) is 4.98 Å². The summed E-state index contributed by atoms with van der Waals surface area (Å²) in [6.45, 7) is -2.30. The summed E-state index contributed by atoms with van der Waals surface area (Å²) in [5.41, 5.74) is 0.172. The molecule has 0 radical (unpaired) electrons. The third-order valence-corrected chi connectivity index (χ3v) is 6.26. The molecular formula is C23H19F6N3O5S. The van der Waals surface area contributed by atoms with Crippen LogP contribution in [0.4, 0.5) is 32.0 Å². The number of aromatic nitrogens is 1. The van der Waals surface area contributed by atoms with Gasteiger partial charge in [-0.1, -0.05) is 12.1 Å². The minimum atomic E-state index is -4.78. The predicted molar refractivity (Wildman–Crippen MR) is 123 cm³/mol. The van der Waals surface area contributed by atoms with E-state index in [1.54, 1.807) is 6.92 Å². The molecule has 2 heterocycles. The van der Waals surface area contributed by atoms with E-state index in [-0.39, 0.29) is 34.4 Å². The lowest BCUT2D eigenvalue weighted by molar-refractivity contribution is -0.154. The molecule has 0 spiro atoms. The van der Waals surface area contributed by atoms with Crippen LogP contribution < -0.4 is 19.5 Å². The van der Waals surface area contributed by atoms with Crippen LogP contribution in [0.5, 0.6) is 11.5 Å². The van der Waals surface area contributed by atoms with E-state index in [2.05, 4.69) is 4.98 Å². The SMILES string of the molecule is Cc1cc(CS(N)(=O)=O)ccc1N1Cc2c(c(OCC(F)(F)F)c3ncccc3c2OCC(F)(F)F)C1=O. The summed E-state index contributed by atoms with van der Waals surface area (Å²) in [7, 11) is -3.86. The molecule has 0 bridgehead atoms. The quantitative estimate of drug-likeness (QED) is 0.428. The highest BCUT2D eigenvalue weighted by molar-refractivity contribution is 7.88. The van der Waals surface area contributed by atoms with E-state index in [9.17, 15) is 39.6 Å². The normalized spacial score (nSPS) is 14.2. The fourth-order valence-corrected chi connectivity index (χ4v) is 4.84. The second kappa shape index (κ2) is 9.62. The van der Waals surface area contributed by atoms with Crippen molar-refractivity contribution in [2.24, 2.45) is 5.14 Å². The van der Waals surface area contributed by atoms with E-state index in [0.29, 0.717) is 11.1 Å². The van der Waals surface area contributed by atoms with Gasteiger partial charge in [-0.05, 0) is 36.2 Å². The number of sulfonamides is 1. The van der Waals surface area contributed by atoms with Crippen LogP contribution in [0.25, 0.3) is 10.9 Å². The predicted octanol–water partition coefficient (Wildman–Crippen LogP) is 4.37. The van der Waals surface area contributed by atoms with E-state index < -0.39 is 58.6 Å². The van der Waals surface area contributed by atoms with E-state index >= 15 is 0 Å². The summed E-state index contributed by atoms with van der Waals surface area (Å²) in [6.07, 6.45) is -8.34. The van der Waals surface area contributed by atoms with Crippen LogP contribution >= 0.6 is 0 Å². The minimum absolute atomic E-state index is 0.0671. The van der Waals surface area contributed by atoms with E-state index in [4.69, 9.17) is 14.6 Å². The summed E-state index contributed by atoms with van der Waals surface area (Å²) >= 11 is 0. The van der Waals surface area contributed by atoms with Crippen molar-refractivity contribution >= 4 is 32.5 Å². The van der Waals surface area contributed by atoms with Gasteiger partial charge in [0.1, 0.15) is 11.3 Å². The zero-order chi connectivity index (χ0) is 28.0. The molecule has 1 aromatic heterocycles. The third kappa shape index (κ3) is 5.93. The number of nitrogens with two attached hydrogens (primary N) is 1. The van der Waals surface area contributed by atoms with Crippen LogP contribution in [0.2, 0.25) is 0 Å². The Hall–Kier alpha value is -3.59. The van der Waals surface area contributed by atoms with Gasteiger partial charge in [0.25, 0.3) is 5.91 Å². The first-order chi connectivity index (χ1) is 17.5. The molecule has 0 saturated heterocycles. The van der Waals surface area contributed by atoms with Crippen LogP contribution in [0.3, 0.4) is 0 Å². The van der Waals surface area contributed by atoms with Gasteiger partial charge >= 0.3 is 12.4 Å². The van der Waals surface area contributed by atoms with Crippen LogP contribution in [0.1, 0.15) is 27.0 Å². The third-order valence-electron chi connectivity index (χ3n) is 5.53. The van der Waals surface area contributed by atoms with Crippen molar-refractivity contribution in [3.63, 3.8) is 0 Å². The first-order valence-corrected chi connectivity index (χ1v) is 12.5. The number of pyridine rings is 1. The molecule has 2 N–H and O–H groups in total. The number of carbonyl (C=O) groups is 1. The molecule has 1 aliphatic heterocycles. The van der Waals surface area contributed by atoms with Gasteiger partial charge in [-0.3, -0.25) is 9.78 Å². The number of fused-ring (bicyclic) bond motifs is 2.